The van der Waals surface area contributed by atoms with E-state index in [4.69, 9.17) is 0 Å². The van der Waals surface area contributed by atoms with Crippen molar-refractivity contribution in [1.29, 1.82) is 0 Å². The van der Waals surface area contributed by atoms with Gasteiger partial charge in [-0.2, -0.15) is 0 Å². The van der Waals surface area contributed by atoms with E-state index in [1.165, 1.54) is 12.8 Å². The van der Waals surface area contributed by atoms with E-state index in [9.17, 15) is 4.79 Å². The molecule has 0 unspecified atom stereocenters. The number of nitrogens with one attached hydrogen (secondary N) is 2. The Balaban J connectivity index is 1.96. The lowest BCUT2D eigenvalue weighted by atomic mass is 10.5. The average Bonchev–Trinajstić information content (AvgIpc) is 2.86. The molecule has 0 aromatic carbocycles. The number of carbonyl (C=O) groups excluding carboxylic acids is 1. The number of likely N-dealkylation sites (N-methyl/N-ethyl adjacent to an activating group) is 2. The van der Waals surface area contributed by atoms with Gasteiger partial charge in [0.05, 0.1) is 6.54 Å². The standard InChI is InChI=1S/C9H19N3O/c1-10-7-9(13)11-5-6-12(2)8-3-4-8/h8,10H,3-7H2,1-2H3,(H,11,13). The van der Waals surface area contributed by atoms with Crippen molar-refractivity contribution in [3.05, 3.63) is 0 Å². The van der Waals surface area contributed by atoms with E-state index in [1.807, 2.05) is 0 Å². The minimum Gasteiger partial charge on any atom is -0.354 e. The van der Waals surface area contributed by atoms with Gasteiger partial charge in [0, 0.05) is 19.1 Å². The highest BCUT2D eigenvalue weighted by Crippen LogP contribution is 2.24. The quantitative estimate of drug-likeness (QED) is 0.582. The van der Waals surface area contributed by atoms with Gasteiger partial charge in [-0.05, 0) is 26.9 Å². The Labute approximate surface area is 79.7 Å². The van der Waals surface area contributed by atoms with E-state index < -0.39 is 0 Å². The van der Waals surface area contributed by atoms with Crippen LogP contribution in [0.1, 0.15) is 12.8 Å². The summed E-state index contributed by atoms with van der Waals surface area (Å²) in [6, 6.07) is 0.779. The summed E-state index contributed by atoms with van der Waals surface area (Å²) in [5, 5.41) is 5.67. The van der Waals surface area contributed by atoms with Gasteiger partial charge in [-0.3, -0.25) is 4.79 Å². The Morgan fingerprint density at radius 2 is 2.23 bits per heavy atom. The van der Waals surface area contributed by atoms with E-state index in [0.29, 0.717) is 6.54 Å². The molecule has 4 heteroatoms. The normalized spacial score (nSPS) is 16.2. The van der Waals surface area contributed by atoms with Crippen LogP contribution in [0.4, 0.5) is 0 Å². The highest BCUT2D eigenvalue weighted by atomic mass is 16.1. The molecule has 2 N–H and O–H groups in total. The van der Waals surface area contributed by atoms with Crippen molar-refractivity contribution in [3.63, 3.8) is 0 Å². The molecule has 0 spiro atoms. The van der Waals surface area contributed by atoms with Gasteiger partial charge < -0.3 is 15.5 Å². The van der Waals surface area contributed by atoms with Gasteiger partial charge in [-0.15, -0.1) is 0 Å². The first-order chi connectivity index (χ1) is 6.24. The van der Waals surface area contributed by atoms with Gasteiger partial charge in [0.1, 0.15) is 0 Å². The fraction of sp³-hybridized carbons (Fsp3) is 0.889. The first-order valence-corrected chi connectivity index (χ1v) is 4.85. The molecule has 1 rings (SSSR count). The molecular formula is C9H19N3O. The molecule has 13 heavy (non-hydrogen) atoms. The van der Waals surface area contributed by atoms with Crippen LogP contribution in [-0.4, -0.2) is 50.6 Å². The summed E-state index contributed by atoms with van der Waals surface area (Å²) < 4.78 is 0. The molecular weight excluding hydrogens is 166 g/mol. The van der Waals surface area contributed by atoms with Crippen LogP contribution in [-0.2, 0) is 4.79 Å². The van der Waals surface area contributed by atoms with Gasteiger partial charge in [0.2, 0.25) is 5.91 Å². The number of nitrogens with zero attached hydrogens (tertiary/aromatic N) is 1. The number of rotatable bonds is 6. The largest absolute Gasteiger partial charge is 0.354 e. The fourth-order valence-electron chi connectivity index (χ4n) is 1.29. The van der Waals surface area contributed by atoms with Gasteiger partial charge in [0.25, 0.3) is 0 Å². The summed E-state index contributed by atoms with van der Waals surface area (Å²) in [7, 11) is 3.89. The van der Waals surface area contributed by atoms with Crippen LogP contribution in [0.3, 0.4) is 0 Å². The van der Waals surface area contributed by atoms with Crippen LogP contribution in [0.2, 0.25) is 0 Å². The topological polar surface area (TPSA) is 44.4 Å². The molecule has 1 amide bonds. The van der Waals surface area contributed by atoms with Crippen LogP contribution in [0, 0.1) is 0 Å². The maximum atomic E-state index is 11.0. The fourth-order valence-corrected chi connectivity index (χ4v) is 1.29. The Hall–Kier alpha value is -0.610. The van der Waals surface area contributed by atoms with Crippen molar-refractivity contribution < 1.29 is 4.79 Å². The molecule has 4 nitrogen and oxygen atoms in total. The number of hydrogen-bond acceptors (Lipinski definition) is 3. The molecule has 1 saturated carbocycles. The summed E-state index contributed by atoms with van der Waals surface area (Å²) >= 11 is 0. The predicted octanol–water partition coefficient (Wildman–Crippen LogP) is -0.584. The van der Waals surface area contributed by atoms with Gasteiger partial charge >= 0.3 is 0 Å². The van der Waals surface area contributed by atoms with E-state index >= 15 is 0 Å². The van der Waals surface area contributed by atoms with Crippen LogP contribution in [0.5, 0.6) is 0 Å². The van der Waals surface area contributed by atoms with Gasteiger partial charge in [-0.25, -0.2) is 0 Å². The van der Waals surface area contributed by atoms with Crippen molar-refractivity contribution >= 4 is 5.91 Å². The van der Waals surface area contributed by atoms with Crippen LogP contribution < -0.4 is 10.6 Å². The lowest BCUT2D eigenvalue weighted by Crippen LogP contribution is -2.37. The third-order valence-electron chi connectivity index (χ3n) is 2.29. The zero-order valence-electron chi connectivity index (χ0n) is 8.47. The van der Waals surface area contributed by atoms with Crippen molar-refractivity contribution in [2.24, 2.45) is 0 Å². The molecule has 0 heterocycles. The van der Waals surface area contributed by atoms with Crippen molar-refractivity contribution in [1.82, 2.24) is 15.5 Å². The second kappa shape index (κ2) is 5.19. The first kappa shape index (κ1) is 10.5. The number of amides is 1. The minimum atomic E-state index is 0.0756. The lowest BCUT2D eigenvalue weighted by Gasteiger charge is -2.15. The monoisotopic (exact) mass is 185 g/mol. The van der Waals surface area contributed by atoms with E-state index in [2.05, 4.69) is 22.6 Å². The summed E-state index contributed by atoms with van der Waals surface area (Å²) in [6.07, 6.45) is 2.64. The zero-order chi connectivity index (χ0) is 9.68. The Kier molecular flexibility index (Phi) is 4.18. The predicted molar refractivity (Wildman–Crippen MR) is 52.6 cm³/mol. The molecule has 76 valence electrons. The zero-order valence-corrected chi connectivity index (χ0v) is 8.47. The Bertz CT molecular complexity index is 168. The third kappa shape index (κ3) is 4.24. The van der Waals surface area contributed by atoms with E-state index in [-0.39, 0.29) is 5.91 Å². The summed E-state index contributed by atoms with van der Waals surface area (Å²) in [5.41, 5.74) is 0. The highest BCUT2D eigenvalue weighted by Gasteiger charge is 2.25. The van der Waals surface area contributed by atoms with Gasteiger partial charge in [0.15, 0.2) is 0 Å². The second-order valence-corrected chi connectivity index (χ2v) is 3.59. The van der Waals surface area contributed by atoms with Crippen LogP contribution in [0.15, 0.2) is 0 Å². The smallest absolute Gasteiger partial charge is 0.233 e. The summed E-state index contributed by atoms with van der Waals surface area (Å²) in [6.45, 7) is 2.13. The van der Waals surface area contributed by atoms with E-state index in [0.717, 1.165) is 19.1 Å². The molecule has 0 aromatic rings. The second-order valence-electron chi connectivity index (χ2n) is 3.59. The summed E-state index contributed by atoms with van der Waals surface area (Å²) in [4.78, 5) is 13.3. The molecule has 0 radical (unpaired) electrons. The highest BCUT2D eigenvalue weighted by molar-refractivity contribution is 5.77. The van der Waals surface area contributed by atoms with Gasteiger partial charge in [-0.1, -0.05) is 0 Å². The van der Waals surface area contributed by atoms with Crippen molar-refractivity contribution in [2.45, 2.75) is 18.9 Å². The molecule has 0 aromatic heterocycles. The molecule has 0 aliphatic heterocycles. The first-order valence-electron chi connectivity index (χ1n) is 4.85. The lowest BCUT2D eigenvalue weighted by molar-refractivity contribution is -0.120. The molecule has 0 atom stereocenters. The molecule has 0 bridgehead atoms. The summed E-state index contributed by atoms with van der Waals surface area (Å²) in [5.74, 6) is 0.0756. The minimum absolute atomic E-state index is 0.0756. The molecule has 1 fully saturated rings. The van der Waals surface area contributed by atoms with Crippen LogP contribution >= 0.6 is 0 Å². The third-order valence-corrected chi connectivity index (χ3v) is 2.29. The van der Waals surface area contributed by atoms with Crippen LogP contribution in [0.25, 0.3) is 0 Å². The van der Waals surface area contributed by atoms with Crippen molar-refractivity contribution in [2.75, 3.05) is 33.7 Å². The Morgan fingerprint density at radius 3 is 2.77 bits per heavy atom. The van der Waals surface area contributed by atoms with Crippen molar-refractivity contribution in [3.8, 4) is 0 Å². The maximum absolute atomic E-state index is 11.0. The number of carbonyl (C=O) groups is 1. The molecule has 0 saturated heterocycles. The number of hydrogen-bond donors (Lipinski definition) is 2. The van der Waals surface area contributed by atoms with E-state index in [1.54, 1.807) is 7.05 Å². The average molecular weight is 185 g/mol. The Morgan fingerprint density at radius 1 is 1.54 bits per heavy atom. The SMILES string of the molecule is CNCC(=O)NCCN(C)C1CC1. The molecule has 1 aliphatic carbocycles. The maximum Gasteiger partial charge on any atom is 0.233 e. The molecule has 1 aliphatic rings.